The molecular formula is C17H10ClF3IN3O. The zero-order valence-electron chi connectivity index (χ0n) is 12.9. The van der Waals surface area contributed by atoms with Crippen LogP contribution in [0.2, 0.25) is 5.02 Å². The molecule has 0 aliphatic heterocycles. The van der Waals surface area contributed by atoms with Gasteiger partial charge in [-0.3, -0.25) is 4.79 Å². The van der Waals surface area contributed by atoms with E-state index in [1.807, 2.05) is 12.1 Å². The topological polar surface area (TPSA) is 64.9 Å². The number of carbonyl (C=O) groups is 1. The average molecular weight is 492 g/mol. The average Bonchev–Trinajstić information content (AvgIpc) is 2.58. The van der Waals surface area contributed by atoms with E-state index < -0.39 is 22.7 Å². The predicted molar refractivity (Wildman–Crippen MR) is 102 cm³/mol. The number of amides is 1. The number of halogens is 5. The third-order valence-electron chi connectivity index (χ3n) is 3.12. The van der Waals surface area contributed by atoms with Crippen molar-refractivity contribution in [1.82, 2.24) is 0 Å². The highest BCUT2D eigenvalue weighted by molar-refractivity contribution is 14.1. The molecule has 2 aromatic rings. The molecule has 0 saturated carbocycles. The van der Waals surface area contributed by atoms with Crippen LogP contribution in [-0.4, -0.2) is 5.91 Å². The minimum atomic E-state index is -4.65. The molecule has 0 aliphatic carbocycles. The molecule has 26 heavy (non-hydrogen) atoms. The standard InChI is InChI=1S/C17H10ClF3IN3O/c18-15-6-5-13(7-14(15)17(19,20)21)25-16(26)10(8-23)9-24-12-3-1-11(22)2-4-12/h1-7,9,24H,(H,25,26)/b10-9-. The van der Waals surface area contributed by atoms with Gasteiger partial charge in [0.15, 0.2) is 0 Å². The van der Waals surface area contributed by atoms with E-state index in [0.29, 0.717) is 11.8 Å². The van der Waals surface area contributed by atoms with Crippen LogP contribution < -0.4 is 10.6 Å². The Kier molecular flexibility index (Phi) is 6.50. The van der Waals surface area contributed by atoms with Gasteiger partial charge in [-0.15, -0.1) is 0 Å². The quantitative estimate of drug-likeness (QED) is 0.341. The Hall–Kier alpha value is -2.25. The number of alkyl halides is 3. The first kappa shape index (κ1) is 20.1. The molecule has 0 atom stereocenters. The van der Waals surface area contributed by atoms with E-state index in [9.17, 15) is 18.0 Å². The smallest absolute Gasteiger partial charge is 0.360 e. The monoisotopic (exact) mass is 491 g/mol. The molecule has 2 N–H and O–H groups in total. The molecule has 2 rings (SSSR count). The molecule has 2 aromatic carbocycles. The zero-order valence-corrected chi connectivity index (χ0v) is 15.8. The molecule has 134 valence electrons. The fraction of sp³-hybridized carbons (Fsp3) is 0.0588. The Morgan fingerprint density at radius 1 is 1.15 bits per heavy atom. The molecule has 0 radical (unpaired) electrons. The van der Waals surface area contributed by atoms with E-state index in [2.05, 4.69) is 33.2 Å². The molecule has 0 aliphatic rings. The van der Waals surface area contributed by atoms with Gasteiger partial charge < -0.3 is 10.6 Å². The van der Waals surface area contributed by atoms with Crippen molar-refractivity contribution in [3.05, 3.63) is 68.4 Å². The molecular weight excluding hydrogens is 482 g/mol. The van der Waals surface area contributed by atoms with E-state index in [1.54, 1.807) is 18.2 Å². The zero-order chi connectivity index (χ0) is 19.3. The van der Waals surface area contributed by atoms with Crippen molar-refractivity contribution in [2.24, 2.45) is 0 Å². The summed E-state index contributed by atoms with van der Waals surface area (Å²) >= 11 is 7.66. The number of hydrogen-bond donors (Lipinski definition) is 2. The van der Waals surface area contributed by atoms with Crippen LogP contribution in [0.3, 0.4) is 0 Å². The van der Waals surface area contributed by atoms with Crippen LogP contribution >= 0.6 is 34.2 Å². The Balaban J connectivity index is 2.15. The third kappa shape index (κ3) is 5.37. The largest absolute Gasteiger partial charge is 0.417 e. The fourth-order valence-electron chi connectivity index (χ4n) is 1.87. The second-order valence-electron chi connectivity index (χ2n) is 4.97. The van der Waals surface area contributed by atoms with E-state index >= 15 is 0 Å². The lowest BCUT2D eigenvalue weighted by Crippen LogP contribution is -2.15. The second kappa shape index (κ2) is 8.42. The predicted octanol–water partition coefficient (Wildman–Crippen LogP) is 5.42. The van der Waals surface area contributed by atoms with E-state index in [1.165, 1.54) is 12.3 Å². The SMILES string of the molecule is N#C/C(=C/Nc1ccc(I)cc1)C(=O)Nc1ccc(Cl)c(C(F)(F)F)c1. The summed E-state index contributed by atoms with van der Waals surface area (Å²) < 4.78 is 39.6. The molecule has 0 spiro atoms. The maximum atomic E-state index is 12.9. The number of carbonyl (C=O) groups excluding carboxylic acids is 1. The number of nitriles is 1. The lowest BCUT2D eigenvalue weighted by molar-refractivity contribution is -0.137. The Morgan fingerprint density at radius 2 is 1.77 bits per heavy atom. The van der Waals surface area contributed by atoms with Crippen molar-refractivity contribution >= 4 is 51.5 Å². The Morgan fingerprint density at radius 3 is 2.35 bits per heavy atom. The Labute approximate surface area is 165 Å². The maximum absolute atomic E-state index is 12.9. The first-order valence-electron chi connectivity index (χ1n) is 7.01. The van der Waals surface area contributed by atoms with Gasteiger partial charge in [0.05, 0.1) is 10.6 Å². The van der Waals surface area contributed by atoms with Crippen molar-refractivity contribution < 1.29 is 18.0 Å². The minimum absolute atomic E-state index is 0.123. The van der Waals surface area contributed by atoms with Gasteiger partial charge in [-0.25, -0.2) is 0 Å². The highest BCUT2D eigenvalue weighted by atomic mass is 127. The van der Waals surface area contributed by atoms with Gasteiger partial charge >= 0.3 is 6.18 Å². The molecule has 0 heterocycles. The number of anilines is 2. The summed E-state index contributed by atoms with van der Waals surface area (Å²) in [7, 11) is 0. The van der Waals surface area contributed by atoms with Gasteiger partial charge in [-0.1, -0.05) is 11.6 Å². The lowest BCUT2D eigenvalue weighted by atomic mass is 10.2. The van der Waals surface area contributed by atoms with E-state index in [4.69, 9.17) is 16.9 Å². The fourth-order valence-corrected chi connectivity index (χ4v) is 2.45. The summed E-state index contributed by atoms with van der Waals surface area (Å²) in [6.07, 6.45) is -3.48. The molecule has 9 heteroatoms. The van der Waals surface area contributed by atoms with Gasteiger partial charge in [0.1, 0.15) is 11.6 Å². The van der Waals surface area contributed by atoms with Crippen LogP contribution in [0.4, 0.5) is 24.5 Å². The highest BCUT2D eigenvalue weighted by Crippen LogP contribution is 2.36. The van der Waals surface area contributed by atoms with Gasteiger partial charge in [-0.05, 0) is 65.1 Å². The number of nitrogens with one attached hydrogen (secondary N) is 2. The van der Waals surface area contributed by atoms with E-state index in [-0.39, 0.29) is 11.3 Å². The number of hydrogen-bond acceptors (Lipinski definition) is 3. The summed E-state index contributed by atoms with van der Waals surface area (Å²) in [6.45, 7) is 0. The van der Waals surface area contributed by atoms with Crippen LogP contribution in [0.25, 0.3) is 0 Å². The molecule has 0 aromatic heterocycles. The summed E-state index contributed by atoms with van der Waals surface area (Å²) in [4.78, 5) is 12.1. The van der Waals surface area contributed by atoms with Crippen molar-refractivity contribution in [2.75, 3.05) is 10.6 Å². The lowest BCUT2D eigenvalue weighted by Gasteiger charge is -2.11. The highest BCUT2D eigenvalue weighted by Gasteiger charge is 2.33. The minimum Gasteiger partial charge on any atom is -0.360 e. The van der Waals surface area contributed by atoms with Gasteiger partial charge in [-0.2, -0.15) is 18.4 Å². The Bertz CT molecular complexity index is 890. The third-order valence-corrected chi connectivity index (χ3v) is 4.17. The first-order chi connectivity index (χ1) is 12.2. The van der Waals surface area contributed by atoms with Gasteiger partial charge in [0.25, 0.3) is 5.91 Å². The number of benzene rings is 2. The summed E-state index contributed by atoms with van der Waals surface area (Å²) in [6, 6.07) is 11.8. The normalized spacial score (nSPS) is 11.6. The van der Waals surface area contributed by atoms with Crippen molar-refractivity contribution in [3.8, 4) is 6.07 Å². The molecule has 4 nitrogen and oxygen atoms in total. The summed E-state index contributed by atoms with van der Waals surface area (Å²) in [5, 5.41) is 13.7. The summed E-state index contributed by atoms with van der Waals surface area (Å²) in [5.74, 6) is -0.846. The maximum Gasteiger partial charge on any atom is 0.417 e. The second-order valence-corrected chi connectivity index (χ2v) is 6.62. The van der Waals surface area contributed by atoms with Crippen LogP contribution in [0, 0.1) is 14.9 Å². The summed E-state index contributed by atoms with van der Waals surface area (Å²) in [5.41, 5.74) is -0.845. The van der Waals surface area contributed by atoms with Crippen LogP contribution in [-0.2, 0) is 11.0 Å². The van der Waals surface area contributed by atoms with Crippen LogP contribution in [0.5, 0.6) is 0 Å². The van der Waals surface area contributed by atoms with Crippen LogP contribution in [0.15, 0.2) is 54.2 Å². The van der Waals surface area contributed by atoms with Crippen molar-refractivity contribution in [3.63, 3.8) is 0 Å². The molecule has 0 unspecified atom stereocenters. The van der Waals surface area contributed by atoms with E-state index in [0.717, 1.165) is 9.64 Å². The van der Waals surface area contributed by atoms with Crippen LogP contribution in [0.1, 0.15) is 5.56 Å². The number of rotatable bonds is 4. The molecule has 1 amide bonds. The molecule has 0 fully saturated rings. The molecule has 0 saturated heterocycles. The van der Waals surface area contributed by atoms with Crippen molar-refractivity contribution in [1.29, 1.82) is 5.26 Å². The first-order valence-corrected chi connectivity index (χ1v) is 8.47. The van der Waals surface area contributed by atoms with Gasteiger partial charge in [0.2, 0.25) is 0 Å². The van der Waals surface area contributed by atoms with Gasteiger partial charge in [0, 0.05) is 21.1 Å². The number of nitrogens with zero attached hydrogens (tertiary/aromatic N) is 1. The molecule has 0 bridgehead atoms. The van der Waals surface area contributed by atoms with Crippen molar-refractivity contribution in [2.45, 2.75) is 6.18 Å².